The molecule has 0 aromatic heterocycles. The zero-order valence-electron chi connectivity index (χ0n) is 10.2. The standard InChI is InChI=1S/C15H20O/c1-15(2)11-7-6-10-13(15)14(16)12-8-4-3-5-9-12/h3-5,8-9,13H,6-7,10-11H2,1-2H3. The summed E-state index contributed by atoms with van der Waals surface area (Å²) in [6.07, 6.45) is 4.70. The molecule has 1 aromatic rings. The maximum absolute atomic E-state index is 12.4. The lowest BCUT2D eigenvalue weighted by molar-refractivity contribution is 0.0697. The van der Waals surface area contributed by atoms with Gasteiger partial charge in [0.25, 0.3) is 0 Å². The Kier molecular flexibility index (Phi) is 3.13. The summed E-state index contributed by atoms with van der Waals surface area (Å²) < 4.78 is 0. The normalized spacial score (nSPS) is 24.0. The van der Waals surface area contributed by atoms with Crippen LogP contribution in [-0.2, 0) is 0 Å². The Labute approximate surface area is 97.9 Å². The van der Waals surface area contributed by atoms with Crippen molar-refractivity contribution < 1.29 is 4.79 Å². The molecule has 1 unspecified atom stereocenters. The van der Waals surface area contributed by atoms with Crippen molar-refractivity contribution in [2.24, 2.45) is 11.3 Å². The lowest BCUT2D eigenvalue weighted by atomic mass is 9.66. The monoisotopic (exact) mass is 216 g/mol. The number of hydrogen-bond donors (Lipinski definition) is 0. The second kappa shape index (κ2) is 4.40. The number of carbonyl (C=O) groups is 1. The van der Waals surface area contributed by atoms with Gasteiger partial charge in [-0.25, -0.2) is 0 Å². The van der Waals surface area contributed by atoms with Gasteiger partial charge in [-0.1, -0.05) is 57.0 Å². The molecule has 1 saturated carbocycles. The fourth-order valence-corrected chi connectivity index (χ4v) is 2.78. The first kappa shape index (κ1) is 11.4. The molecular weight excluding hydrogens is 196 g/mol. The van der Waals surface area contributed by atoms with Crippen molar-refractivity contribution in [2.45, 2.75) is 39.5 Å². The van der Waals surface area contributed by atoms with E-state index in [4.69, 9.17) is 0 Å². The summed E-state index contributed by atoms with van der Waals surface area (Å²) in [4.78, 5) is 12.4. The Balaban J connectivity index is 2.21. The van der Waals surface area contributed by atoms with Crippen LogP contribution < -0.4 is 0 Å². The lowest BCUT2D eigenvalue weighted by Gasteiger charge is -2.37. The van der Waals surface area contributed by atoms with Crippen molar-refractivity contribution in [3.05, 3.63) is 35.9 Å². The summed E-state index contributed by atoms with van der Waals surface area (Å²) in [5.74, 6) is 0.550. The van der Waals surface area contributed by atoms with Crippen LogP contribution in [0.1, 0.15) is 49.9 Å². The van der Waals surface area contributed by atoms with Gasteiger partial charge < -0.3 is 0 Å². The first-order valence-corrected chi connectivity index (χ1v) is 6.20. The third-order valence-corrected chi connectivity index (χ3v) is 3.88. The first-order valence-electron chi connectivity index (χ1n) is 6.20. The second-order valence-corrected chi connectivity index (χ2v) is 5.52. The molecule has 1 aliphatic rings. The number of hydrogen-bond acceptors (Lipinski definition) is 1. The van der Waals surface area contributed by atoms with Crippen molar-refractivity contribution >= 4 is 5.78 Å². The molecule has 0 heterocycles. The fraction of sp³-hybridized carbons (Fsp3) is 0.533. The zero-order chi connectivity index (χ0) is 11.6. The summed E-state index contributed by atoms with van der Waals surface area (Å²) in [6, 6.07) is 9.73. The summed E-state index contributed by atoms with van der Waals surface area (Å²) in [5, 5.41) is 0. The van der Waals surface area contributed by atoms with E-state index in [1.165, 1.54) is 19.3 Å². The van der Waals surface area contributed by atoms with E-state index >= 15 is 0 Å². The molecule has 0 aliphatic heterocycles. The van der Waals surface area contributed by atoms with Gasteiger partial charge in [0.2, 0.25) is 0 Å². The molecule has 0 amide bonds. The Hall–Kier alpha value is -1.11. The Bertz CT molecular complexity index is 364. The van der Waals surface area contributed by atoms with Gasteiger partial charge in [0.15, 0.2) is 5.78 Å². The van der Waals surface area contributed by atoms with E-state index in [1.54, 1.807) is 0 Å². The van der Waals surface area contributed by atoms with Gasteiger partial charge in [-0.2, -0.15) is 0 Å². The summed E-state index contributed by atoms with van der Waals surface area (Å²) in [5.41, 5.74) is 1.05. The van der Waals surface area contributed by atoms with E-state index in [9.17, 15) is 4.79 Å². The molecule has 0 spiro atoms. The van der Waals surface area contributed by atoms with E-state index < -0.39 is 0 Å². The highest BCUT2D eigenvalue weighted by Crippen LogP contribution is 2.42. The smallest absolute Gasteiger partial charge is 0.166 e. The van der Waals surface area contributed by atoms with Crippen LogP contribution in [0.4, 0.5) is 0 Å². The van der Waals surface area contributed by atoms with Crippen molar-refractivity contribution in [1.82, 2.24) is 0 Å². The maximum Gasteiger partial charge on any atom is 0.166 e. The molecule has 0 saturated heterocycles. The molecule has 86 valence electrons. The van der Waals surface area contributed by atoms with Crippen LogP contribution in [0.3, 0.4) is 0 Å². The minimum Gasteiger partial charge on any atom is -0.294 e. The molecule has 0 radical (unpaired) electrons. The highest BCUT2D eigenvalue weighted by molar-refractivity contribution is 5.98. The molecule has 2 rings (SSSR count). The van der Waals surface area contributed by atoms with Crippen LogP contribution in [0, 0.1) is 11.3 Å². The second-order valence-electron chi connectivity index (χ2n) is 5.52. The van der Waals surface area contributed by atoms with Gasteiger partial charge in [-0.15, -0.1) is 0 Å². The van der Waals surface area contributed by atoms with Crippen molar-refractivity contribution in [2.75, 3.05) is 0 Å². The Morgan fingerprint density at radius 3 is 2.50 bits per heavy atom. The van der Waals surface area contributed by atoms with E-state index in [0.717, 1.165) is 12.0 Å². The average Bonchev–Trinajstić information content (AvgIpc) is 2.29. The molecule has 0 N–H and O–H groups in total. The molecule has 1 atom stereocenters. The van der Waals surface area contributed by atoms with Crippen molar-refractivity contribution in [3.8, 4) is 0 Å². The van der Waals surface area contributed by atoms with Crippen LogP contribution in [0.2, 0.25) is 0 Å². The van der Waals surface area contributed by atoms with E-state index in [0.29, 0.717) is 5.78 Å². The summed E-state index contributed by atoms with van der Waals surface area (Å²) in [7, 11) is 0. The summed E-state index contributed by atoms with van der Waals surface area (Å²) >= 11 is 0. The number of Topliss-reactive ketones (excluding diaryl/α,β-unsaturated/α-hetero) is 1. The van der Waals surface area contributed by atoms with Crippen molar-refractivity contribution in [3.63, 3.8) is 0 Å². The number of benzene rings is 1. The van der Waals surface area contributed by atoms with Gasteiger partial charge >= 0.3 is 0 Å². The van der Waals surface area contributed by atoms with Gasteiger partial charge in [0.05, 0.1) is 0 Å². The topological polar surface area (TPSA) is 17.1 Å². The summed E-state index contributed by atoms with van der Waals surface area (Å²) in [6.45, 7) is 4.47. The van der Waals surface area contributed by atoms with E-state index in [1.807, 2.05) is 30.3 Å². The first-order chi connectivity index (χ1) is 7.61. The van der Waals surface area contributed by atoms with E-state index in [2.05, 4.69) is 13.8 Å². The molecule has 16 heavy (non-hydrogen) atoms. The average molecular weight is 216 g/mol. The molecule has 0 bridgehead atoms. The highest BCUT2D eigenvalue weighted by Gasteiger charge is 2.37. The number of carbonyl (C=O) groups excluding carboxylic acids is 1. The molecule has 1 fully saturated rings. The largest absolute Gasteiger partial charge is 0.294 e. The van der Waals surface area contributed by atoms with Crippen LogP contribution in [0.15, 0.2) is 30.3 Å². The van der Waals surface area contributed by atoms with Crippen LogP contribution >= 0.6 is 0 Å². The SMILES string of the molecule is CC1(C)CCCCC1C(=O)c1ccccc1. The minimum absolute atomic E-state index is 0.172. The van der Waals surface area contributed by atoms with Crippen molar-refractivity contribution in [1.29, 1.82) is 0 Å². The van der Waals surface area contributed by atoms with Gasteiger partial charge in [0.1, 0.15) is 0 Å². The molecule has 1 aliphatic carbocycles. The third-order valence-electron chi connectivity index (χ3n) is 3.88. The maximum atomic E-state index is 12.4. The molecule has 1 nitrogen and oxygen atoms in total. The fourth-order valence-electron chi connectivity index (χ4n) is 2.78. The number of rotatable bonds is 2. The van der Waals surface area contributed by atoms with Crippen LogP contribution in [0.25, 0.3) is 0 Å². The molecule has 1 heteroatoms. The predicted octanol–water partition coefficient (Wildman–Crippen LogP) is 4.09. The third kappa shape index (κ3) is 2.18. The predicted molar refractivity (Wildman–Crippen MR) is 66.5 cm³/mol. The molecule has 1 aromatic carbocycles. The quantitative estimate of drug-likeness (QED) is 0.681. The molecular formula is C15H20O. The highest BCUT2D eigenvalue weighted by atomic mass is 16.1. The number of ketones is 1. The van der Waals surface area contributed by atoms with Gasteiger partial charge in [0, 0.05) is 11.5 Å². The van der Waals surface area contributed by atoms with Crippen LogP contribution in [-0.4, -0.2) is 5.78 Å². The van der Waals surface area contributed by atoms with Gasteiger partial charge in [-0.05, 0) is 18.3 Å². The van der Waals surface area contributed by atoms with E-state index in [-0.39, 0.29) is 11.3 Å². The Morgan fingerprint density at radius 1 is 1.19 bits per heavy atom. The zero-order valence-corrected chi connectivity index (χ0v) is 10.2. The van der Waals surface area contributed by atoms with Gasteiger partial charge in [-0.3, -0.25) is 4.79 Å². The minimum atomic E-state index is 0.172. The Morgan fingerprint density at radius 2 is 1.88 bits per heavy atom. The lowest BCUT2D eigenvalue weighted by Crippen LogP contribution is -2.34. The van der Waals surface area contributed by atoms with Crippen LogP contribution in [0.5, 0.6) is 0 Å².